The van der Waals surface area contributed by atoms with E-state index in [0.717, 1.165) is 53.7 Å². The summed E-state index contributed by atoms with van der Waals surface area (Å²) < 4.78 is 5.83. The first-order valence-electron chi connectivity index (χ1n) is 10.6. The first-order valence-corrected chi connectivity index (χ1v) is 11.4. The van der Waals surface area contributed by atoms with Crippen molar-refractivity contribution in [2.24, 2.45) is 5.92 Å². The fraction of sp³-hybridized carbons (Fsp3) is 0.360. The van der Waals surface area contributed by atoms with E-state index in [0.29, 0.717) is 12.5 Å². The molecule has 0 atom stereocenters. The molecule has 0 bridgehead atoms. The number of hydrogen-bond acceptors (Lipinski definition) is 4. The average Bonchev–Trinajstić information content (AvgIpc) is 3.14. The molecular weight excluding hydrogens is 392 g/mol. The van der Waals surface area contributed by atoms with Crippen LogP contribution in [0.3, 0.4) is 0 Å². The number of aromatic nitrogens is 1. The van der Waals surface area contributed by atoms with Gasteiger partial charge in [0.2, 0.25) is 0 Å². The molecule has 0 spiro atoms. The van der Waals surface area contributed by atoms with Crippen LogP contribution in [0.25, 0.3) is 0 Å². The van der Waals surface area contributed by atoms with Crippen molar-refractivity contribution in [1.82, 2.24) is 9.88 Å². The minimum absolute atomic E-state index is 0.116. The van der Waals surface area contributed by atoms with E-state index >= 15 is 0 Å². The van der Waals surface area contributed by atoms with E-state index < -0.39 is 0 Å². The lowest BCUT2D eigenvalue weighted by molar-refractivity contribution is 0.0694. The number of carbonyl (C=O) groups is 1. The summed E-state index contributed by atoms with van der Waals surface area (Å²) >= 11 is 1.46. The summed E-state index contributed by atoms with van der Waals surface area (Å²) in [5.74, 6) is 1.59. The Morgan fingerprint density at radius 3 is 2.47 bits per heavy atom. The van der Waals surface area contributed by atoms with Gasteiger partial charge in [-0.1, -0.05) is 48.0 Å². The number of likely N-dealkylation sites (tertiary alicyclic amines) is 1. The molecule has 5 heteroatoms. The maximum Gasteiger partial charge on any atom is 0.265 e. The van der Waals surface area contributed by atoms with Gasteiger partial charge in [0, 0.05) is 13.1 Å². The number of nitrogens with zero attached hydrogens (tertiary/aromatic N) is 2. The van der Waals surface area contributed by atoms with Crippen molar-refractivity contribution < 1.29 is 9.53 Å². The first-order chi connectivity index (χ1) is 14.6. The zero-order valence-electron chi connectivity index (χ0n) is 17.6. The summed E-state index contributed by atoms with van der Waals surface area (Å²) in [6, 6.07) is 18.6. The van der Waals surface area contributed by atoms with Crippen molar-refractivity contribution in [3.8, 4) is 5.75 Å². The molecular formula is C25H28N2O2S. The van der Waals surface area contributed by atoms with Crippen LogP contribution in [0.1, 0.15) is 44.3 Å². The molecule has 0 unspecified atom stereocenters. The van der Waals surface area contributed by atoms with E-state index in [2.05, 4.69) is 42.2 Å². The van der Waals surface area contributed by atoms with Gasteiger partial charge in [-0.2, -0.15) is 0 Å². The molecule has 30 heavy (non-hydrogen) atoms. The van der Waals surface area contributed by atoms with E-state index in [9.17, 15) is 4.79 Å². The minimum atomic E-state index is 0.116. The Morgan fingerprint density at radius 2 is 1.77 bits per heavy atom. The smallest absolute Gasteiger partial charge is 0.265 e. The Bertz CT molecular complexity index is 974. The minimum Gasteiger partial charge on any atom is -0.486 e. The number of rotatable bonds is 6. The molecule has 0 radical (unpaired) electrons. The highest BCUT2D eigenvalue weighted by Crippen LogP contribution is 2.26. The molecule has 1 amide bonds. The summed E-state index contributed by atoms with van der Waals surface area (Å²) in [6.45, 7) is 6.00. The molecule has 0 N–H and O–H groups in total. The predicted octanol–water partition coefficient (Wildman–Crippen LogP) is 5.43. The molecule has 0 aliphatic carbocycles. The fourth-order valence-electron chi connectivity index (χ4n) is 3.92. The normalized spacial score (nSPS) is 14.7. The van der Waals surface area contributed by atoms with Crippen molar-refractivity contribution >= 4 is 17.2 Å². The standard InChI is InChI=1S/C25H28N2O2S/c1-18-8-10-22(11-9-18)29-17-23-26-19(2)24(30-23)25(28)27-14-12-21(13-15-27)16-20-6-4-3-5-7-20/h3-11,21H,12-17H2,1-2H3. The monoisotopic (exact) mass is 420 g/mol. The van der Waals surface area contributed by atoms with Gasteiger partial charge < -0.3 is 9.64 Å². The Hall–Kier alpha value is -2.66. The Balaban J connectivity index is 1.32. The highest BCUT2D eigenvalue weighted by Gasteiger charge is 2.26. The molecule has 2 heterocycles. The summed E-state index contributed by atoms with van der Waals surface area (Å²) in [5, 5.41) is 0.843. The maximum absolute atomic E-state index is 13.1. The Morgan fingerprint density at radius 1 is 1.07 bits per heavy atom. The Labute approximate surface area is 182 Å². The van der Waals surface area contributed by atoms with Gasteiger partial charge in [-0.3, -0.25) is 4.79 Å². The summed E-state index contributed by atoms with van der Waals surface area (Å²) in [6.07, 6.45) is 3.21. The van der Waals surface area contributed by atoms with Crippen LogP contribution in [0.4, 0.5) is 0 Å². The number of benzene rings is 2. The van der Waals surface area contributed by atoms with E-state index in [-0.39, 0.29) is 5.91 Å². The maximum atomic E-state index is 13.1. The van der Waals surface area contributed by atoms with E-state index in [1.165, 1.54) is 22.5 Å². The van der Waals surface area contributed by atoms with Crippen LogP contribution in [0.2, 0.25) is 0 Å². The second-order valence-corrected chi connectivity index (χ2v) is 9.13. The van der Waals surface area contributed by atoms with Gasteiger partial charge in [0.25, 0.3) is 5.91 Å². The third-order valence-electron chi connectivity index (χ3n) is 5.69. The molecule has 0 saturated carbocycles. The SMILES string of the molecule is Cc1ccc(OCc2nc(C)c(C(=O)N3CCC(Cc4ccccc4)CC3)s2)cc1. The van der Waals surface area contributed by atoms with Crippen molar-refractivity contribution in [1.29, 1.82) is 0 Å². The summed E-state index contributed by atoms with van der Waals surface area (Å²) in [5.41, 5.74) is 3.39. The van der Waals surface area contributed by atoms with Crippen LogP contribution >= 0.6 is 11.3 Å². The van der Waals surface area contributed by atoms with Gasteiger partial charge >= 0.3 is 0 Å². The van der Waals surface area contributed by atoms with Crippen molar-refractivity contribution in [2.45, 2.75) is 39.7 Å². The van der Waals surface area contributed by atoms with Crippen LogP contribution in [0, 0.1) is 19.8 Å². The quantitative estimate of drug-likeness (QED) is 0.534. The van der Waals surface area contributed by atoms with E-state index in [1.807, 2.05) is 36.1 Å². The van der Waals surface area contributed by atoms with E-state index in [4.69, 9.17) is 4.74 Å². The lowest BCUT2D eigenvalue weighted by atomic mass is 9.90. The fourth-order valence-corrected chi connectivity index (χ4v) is 4.87. The van der Waals surface area contributed by atoms with Gasteiger partial charge in [0.15, 0.2) is 0 Å². The van der Waals surface area contributed by atoms with Crippen LogP contribution in [0.15, 0.2) is 54.6 Å². The van der Waals surface area contributed by atoms with Crippen LogP contribution in [-0.4, -0.2) is 28.9 Å². The number of hydrogen-bond donors (Lipinski definition) is 0. The van der Waals surface area contributed by atoms with Crippen LogP contribution < -0.4 is 4.74 Å². The van der Waals surface area contributed by atoms with Gasteiger partial charge in [0.1, 0.15) is 22.2 Å². The topological polar surface area (TPSA) is 42.4 Å². The Kier molecular flexibility index (Phi) is 6.48. The average molecular weight is 421 g/mol. The lowest BCUT2D eigenvalue weighted by Gasteiger charge is -2.32. The molecule has 4 nitrogen and oxygen atoms in total. The number of carbonyl (C=O) groups excluding carboxylic acids is 1. The number of ether oxygens (including phenoxy) is 1. The highest BCUT2D eigenvalue weighted by molar-refractivity contribution is 7.13. The summed E-state index contributed by atoms with van der Waals surface area (Å²) in [4.78, 5) is 20.4. The molecule has 4 rings (SSSR count). The van der Waals surface area contributed by atoms with E-state index in [1.54, 1.807) is 0 Å². The molecule has 156 valence electrons. The van der Waals surface area contributed by atoms with Gasteiger partial charge in [0.05, 0.1) is 5.69 Å². The second-order valence-electron chi connectivity index (χ2n) is 8.05. The molecule has 1 aromatic heterocycles. The second kappa shape index (κ2) is 9.43. The van der Waals surface area contributed by atoms with Gasteiger partial charge in [-0.15, -0.1) is 11.3 Å². The first kappa shape index (κ1) is 20.6. The number of piperidine rings is 1. The predicted molar refractivity (Wildman–Crippen MR) is 121 cm³/mol. The largest absolute Gasteiger partial charge is 0.486 e. The zero-order chi connectivity index (χ0) is 20.9. The van der Waals surface area contributed by atoms with Crippen molar-refractivity contribution in [3.05, 3.63) is 81.3 Å². The third kappa shape index (κ3) is 5.08. The molecule has 1 aliphatic rings. The van der Waals surface area contributed by atoms with Crippen LogP contribution in [0.5, 0.6) is 5.75 Å². The number of thiazole rings is 1. The molecule has 3 aromatic rings. The molecule has 1 saturated heterocycles. The summed E-state index contributed by atoms with van der Waals surface area (Å²) in [7, 11) is 0. The number of amides is 1. The zero-order valence-corrected chi connectivity index (χ0v) is 18.5. The molecule has 1 aliphatic heterocycles. The van der Waals surface area contributed by atoms with Gasteiger partial charge in [-0.05, 0) is 56.7 Å². The molecule has 2 aromatic carbocycles. The number of aryl methyl sites for hydroxylation is 2. The van der Waals surface area contributed by atoms with Gasteiger partial charge in [-0.25, -0.2) is 4.98 Å². The molecule has 1 fully saturated rings. The lowest BCUT2D eigenvalue weighted by Crippen LogP contribution is -2.38. The van der Waals surface area contributed by atoms with Crippen LogP contribution in [-0.2, 0) is 13.0 Å². The highest BCUT2D eigenvalue weighted by atomic mass is 32.1. The third-order valence-corrected chi connectivity index (χ3v) is 6.81. The van der Waals surface area contributed by atoms with Crippen molar-refractivity contribution in [2.75, 3.05) is 13.1 Å². The van der Waals surface area contributed by atoms with Crippen molar-refractivity contribution in [3.63, 3.8) is 0 Å².